The van der Waals surface area contributed by atoms with Gasteiger partial charge in [0.25, 0.3) is 23.6 Å². The minimum atomic E-state index is -0.339. The molecule has 0 saturated heterocycles. The molecule has 140 valence electrons. The highest BCUT2D eigenvalue weighted by Gasteiger charge is 2.42. The van der Waals surface area contributed by atoms with E-state index in [1.807, 2.05) is 4.90 Å². The van der Waals surface area contributed by atoms with Gasteiger partial charge in [-0.2, -0.15) is 0 Å². The van der Waals surface area contributed by atoms with Crippen LogP contribution in [0.4, 0.5) is 0 Å². The second-order valence-corrected chi connectivity index (χ2v) is 7.27. The number of rotatable bonds is 5. The zero-order valence-corrected chi connectivity index (χ0v) is 15.0. The van der Waals surface area contributed by atoms with E-state index < -0.39 is 0 Å². The first-order valence-electron chi connectivity index (χ1n) is 9.21. The molecule has 2 aromatic carbocycles. The third-order valence-corrected chi connectivity index (χ3v) is 5.47. The normalized spacial score (nSPS) is 18.3. The molecule has 7 nitrogen and oxygen atoms in total. The minimum absolute atomic E-state index is 0.0599. The van der Waals surface area contributed by atoms with E-state index in [-0.39, 0.29) is 43.0 Å². The van der Waals surface area contributed by atoms with E-state index in [1.165, 1.54) is 9.80 Å². The second kappa shape index (κ2) is 6.10. The van der Waals surface area contributed by atoms with Crippen molar-refractivity contribution in [2.75, 3.05) is 13.3 Å². The second-order valence-electron chi connectivity index (χ2n) is 7.27. The minimum Gasteiger partial charge on any atom is -0.269 e. The Morgan fingerprint density at radius 2 is 0.964 bits per heavy atom. The Bertz CT molecular complexity index is 896. The molecule has 28 heavy (non-hydrogen) atoms. The van der Waals surface area contributed by atoms with Gasteiger partial charge < -0.3 is 0 Å². The summed E-state index contributed by atoms with van der Waals surface area (Å²) in [6.45, 7) is 0.120. The largest absolute Gasteiger partial charge is 0.269 e. The number of hydrogen-bond donors (Lipinski definition) is 0. The van der Waals surface area contributed by atoms with E-state index in [0.717, 1.165) is 12.8 Å². The van der Waals surface area contributed by atoms with Crippen molar-refractivity contribution >= 4 is 23.6 Å². The molecule has 0 atom stereocenters. The lowest BCUT2D eigenvalue weighted by molar-refractivity contribution is 0.0380. The van der Waals surface area contributed by atoms with Crippen LogP contribution in [0.3, 0.4) is 0 Å². The molecule has 5 rings (SSSR count). The van der Waals surface area contributed by atoms with Crippen LogP contribution in [0.1, 0.15) is 54.3 Å². The first kappa shape index (κ1) is 16.8. The lowest BCUT2D eigenvalue weighted by Crippen LogP contribution is -2.48. The van der Waals surface area contributed by atoms with Gasteiger partial charge in [0.2, 0.25) is 0 Å². The first-order valence-corrected chi connectivity index (χ1v) is 9.21. The Hall–Kier alpha value is -3.32. The van der Waals surface area contributed by atoms with Crippen LogP contribution in [0, 0.1) is 0 Å². The number of amides is 4. The predicted molar refractivity (Wildman–Crippen MR) is 98.5 cm³/mol. The Morgan fingerprint density at radius 3 is 1.25 bits per heavy atom. The maximum atomic E-state index is 12.7. The monoisotopic (exact) mass is 375 g/mol. The van der Waals surface area contributed by atoms with Crippen molar-refractivity contribution in [1.82, 2.24) is 14.7 Å². The number of carbonyl (C=O) groups excluding carboxylic acids is 4. The molecule has 0 aromatic heterocycles. The molecule has 0 spiro atoms. The average Bonchev–Trinajstić information content (AvgIpc) is 3.50. The maximum absolute atomic E-state index is 12.7. The van der Waals surface area contributed by atoms with E-state index in [0.29, 0.717) is 22.3 Å². The molecule has 0 N–H and O–H groups in total. The summed E-state index contributed by atoms with van der Waals surface area (Å²) in [6, 6.07) is 13.6. The van der Waals surface area contributed by atoms with Gasteiger partial charge in [-0.15, -0.1) is 0 Å². The Labute approximate surface area is 161 Å². The summed E-state index contributed by atoms with van der Waals surface area (Å²) in [6.07, 6.45) is 1.82. The summed E-state index contributed by atoms with van der Waals surface area (Å²) in [7, 11) is 0. The van der Waals surface area contributed by atoms with Crippen LogP contribution < -0.4 is 0 Å². The van der Waals surface area contributed by atoms with Gasteiger partial charge in [-0.1, -0.05) is 24.3 Å². The van der Waals surface area contributed by atoms with E-state index in [4.69, 9.17) is 0 Å². The average molecular weight is 375 g/mol. The molecule has 1 aliphatic carbocycles. The fraction of sp³-hybridized carbons (Fsp3) is 0.238. The number of imide groups is 2. The quantitative estimate of drug-likeness (QED) is 0.747. The van der Waals surface area contributed by atoms with Crippen LogP contribution in [0.15, 0.2) is 48.5 Å². The Kier molecular flexibility index (Phi) is 3.67. The molecule has 0 unspecified atom stereocenters. The number of carbonyl (C=O) groups is 4. The van der Waals surface area contributed by atoms with E-state index in [9.17, 15) is 19.2 Å². The molecule has 2 aliphatic heterocycles. The topological polar surface area (TPSA) is 78.0 Å². The van der Waals surface area contributed by atoms with Crippen molar-refractivity contribution < 1.29 is 19.2 Å². The third kappa shape index (κ3) is 2.47. The molecule has 3 aliphatic rings. The number of fused-ring (bicyclic) bond motifs is 2. The summed E-state index contributed by atoms with van der Waals surface area (Å²) in [5.74, 6) is -1.36. The Balaban J connectivity index is 1.38. The molecule has 7 heteroatoms. The molecule has 1 fully saturated rings. The number of nitrogens with zero attached hydrogens (tertiary/aromatic N) is 3. The zero-order valence-electron chi connectivity index (χ0n) is 15.0. The van der Waals surface area contributed by atoms with Gasteiger partial charge in [0, 0.05) is 6.04 Å². The van der Waals surface area contributed by atoms with Crippen molar-refractivity contribution in [3.8, 4) is 0 Å². The van der Waals surface area contributed by atoms with Gasteiger partial charge in [0.15, 0.2) is 0 Å². The van der Waals surface area contributed by atoms with E-state index in [1.54, 1.807) is 48.5 Å². The first-order chi connectivity index (χ1) is 13.6. The van der Waals surface area contributed by atoms with Gasteiger partial charge >= 0.3 is 0 Å². The summed E-state index contributed by atoms with van der Waals surface area (Å²) in [4.78, 5) is 54.9. The van der Waals surface area contributed by atoms with Crippen LogP contribution in [0.25, 0.3) is 0 Å². The maximum Gasteiger partial charge on any atom is 0.262 e. The van der Waals surface area contributed by atoms with E-state index >= 15 is 0 Å². The molecular weight excluding hydrogens is 358 g/mol. The highest BCUT2D eigenvalue weighted by molar-refractivity contribution is 6.22. The smallest absolute Gasteiger partial charge is 0.262 e. The van der Waals surface area contributed by atoms with Crippen molar-refractivity contribution in [1.29, 1.82) is 0 Å². The van der Waals surface area contributed by atoms with Crippen LogP contribution >= 0.6 is 0 Å². The third-order valence-electron chi connectivity index (χ3n) is 5.47. The lowest BCUT2D eigenvalue weighted by atomic mass is 10.1. The zero-order chi connectivity index (χ0) is 19.4. The Morgan fingerprint density at radius 1 is 0.643 bits per heavy atom. The summed E-state index contributed by atoms with van der Waals surface area (Å²) < 4.78 is 0. The van der Waals surface area contributed by atoms with Crippen LogP contribution in [-0.2, 0) is 0 Å². The molecular formula is C21H17N3O4. The fourth-order valence-corrected chi connectivity index (χ4v) is 3.81. The van der Waals surface area contributed by atoms with Crippen molar-refractivity contribution in [2.45, 2.75) is 18.9 Å². The molecule has 0 radical (unpaired) electrons. The van der Waals surface area contributed by atoms with Gasteiger partial charge in [-0.05, 0) is 37.1 Å². The summed E-state index contributed by atoms with van der Waals surface area (Å²) in [5, 5.41) is 0. The highest BCUT2D eigenvalue weighted by atomic mass is 16.2. The number of hydrogen-bond acceptors (Lipinski definition) is 5. The molecule has 4 amide bonds. The SMILES string of the molecule is O=C1c2ccccc2C(=O)N1CN(CN1C(=O)c2ccccc2C1=O)C1CC1. The number of benzene rings is 2. The van der Waals surface area contributed by atoms with Crippen molar-refractivity contribution in [2.24, 2.45) is 0 Å². The summed E-state index contributed by atoms with van der Waals surface area (Å²) in [5.41, 5.74) is 1.57. The standard InChI is InChI=1S/C21H17N3O4/c25-18-14-5-1-2-6-15(14)19(26)23(18)11-22(13-9-10-13)12-24-20(27)16-7-3-4-8-17(16)21(24)28/h1-8,13H,9-12H2. The molecule has 2 heterocycles. The fourth-order valence-electron chi connectivity index (χ4n) is 3.81. The van der Waals surface area contributed by atoms with Gasteiger partial charge in [-0.25, -0.2) is 0 Å². The highest BCUT2D eigenvalue weighted by Crippen LogP contribution is 2.31. The van der Waals surface area contributed by atoms with Crippen molar-refractivity contribution in [3.05, 3.63) is 70.8 Å². The van der Waals surface area contributed by atoms with Crippen molar-refractivity contribution in [3.63, 3.8) is 0 Å². The van der Waals surface area contributed by atoms with Crippen LogP contribution in [0.5, 0.6) is 0 Å². The molecule has 2 aromatic rings. The van der Waals surface area contributed by atoms with Gasteiger partial charge in [0.1, 0.15) is 0 Å². The predicted octanol–water partition coefficient (Wildman–Crippen LogP) is 1.96. The molecule has 1 saturated carbocycles. The van der Waals surface area contributed by atoms with Crippen LogP contribution in [0.2, 0.25) is 0 Å². The van der Waals surface area contributed by atoms with Crippen LogP contribution in [-0.4, -0.2) is 57.7 Å². The lowest BCUT2D eigenvalue weighted by Gasteiger charge is -2.29. The molecule has 0 bridgehead atoms. The summed E-state index contributed by atoms with van der Waals surface area (Å²) >= 11 is 0. The van der Waals surface area contributed by atoms with Gasteiger partial charge in [-0.3, -0.25) is 33.9 Å². The van der Waals surface area contributed by atoms with E-state index in [2.05, 4.69) is 0 Å². The van der Waals surface area contributed by atoms with Gasteiger partial charge in [0.05, 0.1) is 35.6 Å².